The number of nitrogens with zero attached hydrogens (tertiary/aromatic N) is 2. The molecule has 0 saturated carbocycles. The molecule has 2 N–H and O–H groups in total. The highest BCUT2D eigenvalue weighted by Crippen LogP contribution is 2.12. The Morgan fingerprint density at radius 2 is 2.15 bits per heavy atom. The Morgan fingerprint density at radius 1 is 1.31 bits per heavy atom. The molecule has 0 aliphatic heterocycles. The van der Waals surface area contributed by atoms with Crippen LogP contribution in [-0.4, -0.2) is 9.78 Å². The first-order valence-corrected chi connectivity index (χ1v) is 4.91. The van der Waals surface area contributed by atoms with Crippen molar-refractivity contribution >= 4 is 28.4 Å². The van der Waals surface area contributed by atoms with Crippen LogP contribution in [0.3, 0.4) is 0 Å². The second kappa shape index (κ2) is 3.37. The van der Waals surface area contributed by atoms with Gasteiger partial charge < -0.3 is 5.73 Å². The highest BCUT2D eigenvalue weighted by atomic mass is 127. The predicted octanol–water partition coefficient (Wildman–Crippen LogP) is 2.06. The van der Waals surface area contributed by atoms with E-state index in [1.165, 1.54) is 3.57 Å². The number of nitrogen functional groups attached to an aromatic ring is 1. The monoisotopic (exact) mass is 285 g/mol. The van der Waals surface area contributed by atoms with Crippen molar-refractivity contribution in [3.05, 3.63) is 40.1 Å². The normalized spacial score (nSPS) is 10.2. The first-order valence-electron chi connectivity index (χ1n) is 3.83. The molecule has 0 atom stereocenters. The zero-order valence-corrected chi connectivity index (χ0v) is 8.97. The van der Waals surface area contributed by atoms with Gasteiger partial charge in [-0.25, -0.2) is 4.68 Å². The van der Waals surface area contributed by atoms with E-state index in [0.29, 0.717) is 5.82 Å². The second-order valence-corrected chi connectivity index (χ2v) is 3.91. The third kappa shape index (κ3) is 1.82. The van der Waals surface area contributed by atoms with E-state index in [4.69, 9.17) is 5.73 Å². The molecule has 1 aromatic heterocycles. The SMILES string of the molecule is Nc1ccn(-c2cccc(I)c2)n1. The van der Waals surface area contributed by atoms with Gasteiger partial charge in [0, 0.05) is 15.8 Å². The number of hydrogen-bond donors (Lipinski definition) is 1. The lowest BCUT2D eigenvalue weighted by Gasteiger charge is -2.00. The molecule has 0 spiro atoms. The third-order valence-corrected chi connectivity index (χ3v) is 2.35. The lowest BCUT2D eigenvalue weighted by atomic mass is 10.3. The molecule has 2 aromatic rings. The maximum Gasteiger partial charge on any atom is 0.145 e. The molecule has 13 heavy (non-hydrogen) atoms. The molecule has 1 aromatic carbocycles. The third-order valence-electron chi connectivity index (χ3n) is 1.68. The molecule has 1 heterocycles. The van der Waals surface area contributed by atoms with Gasteiger partial charge in [0.15, 0.2) is 0 Å². The Morgan fingerprint density at radius 3 is 2.77 bits per heavy atom. The van der Waals surface area contributed by atoms with Crippen LogP contribution in [0.1, 0.15) is 0 Å². The standard InChI is InChI=1S/C9H8IN3/c10-7-2-1-3-8(6-7)13-5-4-9(11)12-13/h1-6H,(H2,11,12). The smallest absolute Gasteiger partial charge is 0.145 e. The average Bonchev–Trinajstić information content (AvgIpc) is 2.52. The number of aromatic nitrogens is 2. The fourth-order valence-corrected chi connectivity index (χ4v) is 1.63. The van der Waals surface area contributed by atoms with Crippen LogP contribution in [-0.2, 0) is 0 Å². The van der Waals surface area contributed by atoms with Gasteiger partial charge in [0.2, 0.25) is 0 Å². The molecule has 0 radical (unpaired) electrons. The topological polar surface area (TPSA) is 43.8 Å². The van der Waals surface area contributed by atoms with Crippen molar-refractivity contribution in [1.29, 1.82) is 0 Å². The Bertz CT molecular complexity index is 422. The molecule has 3 nitrogen and oxygen atoms in total. The van der Waals surface area contributed by atoms with Crippen molar-refractivity contribution in [2.45, 2.75) is 0 Å². The van der Waals surface area contributed by atoms with Crippen LogP contribution in [0.5, 0.6) is 0 Å². The zero-order chi connectivity index (χ0) is 9.26. The molecule has 0 bridgehead atoms. The van der Waals surface area contributed by atoms with Crippen molar-refractivity contribution in [3.63, 3.8) is 0 Å². The summed E-state index contributed by atoms with van der Waals surface area (Å²) in [6.45, 7) is 0. The molecule has 0 unspecified atom stereocenters. The van der Waals surface area contributed by atoms with Gasteiger partial charge in [-0.05, 0) is 40.8 Å². The first-order chi connectivity index (χ1) is 6.25. The van der Waals surface area contributed by atoms with Gasteiger partial charge in [-0.1, -0.05) is 6.07 Å². The summed E-state index contributed by atoms with van der Waals surface area (Å²) in [5.74, 6) is 0.541. The summed E-state index contributed by atoms with van der Waals surface area (Å²) in [5, 5.41) is 4.11. The lowest BCUT2D eigenvalue weighted by molar-refractivity contribution is 0.885. The Labute approximate surface area is 89.7 Å². The highest BCUT2D eigenvalue weighted by Gasteiger charge is 1.97. The van der Waals surface area contributed by atoms with Crippen molar-refractivity contribution in [3.8, 4) is 5.69 Å². The molecule has 0 aliphatic carbocycles. The number of rotatable bonds is 1. The van der Waals surface area contributed by atoms with Crippen LogP contribution in [0.25, 0.3) is 5.69 Å². The van der Waals surface area contributed by atoms with Crippen LogP contribution in [0.4, 0.5) is 5.82 Å². The molecular formula is C9H8IN3. The molecule has 0 aliphatic rings. The fourth-order valence-electron chi connectivity index (χ4n) is 1.10. The lowest BCUT2D eigenvalue weighted by Crippen LogP contribution is -1.96. The van der Waals surface area contributed by atoms with Gasteiger partial charge in [0.05, 0.1) is 5.69 Å². The van der Waals surface area contributed by atoms with Gasteiger partial charge >= 0.3 is 0 Å². The maximum atomic E-state index is 5.52. The highest BCUT2D eigenvalue weighted by molar-refractivity contribution is 14.1. The van der Waals surface area contributed by atoms with Crippen molar-refractivity contribution < 1.29 is 0 Å². The summed E-state index contributed by atoms with van der Waals surface area (Å²) in [6, 6.07) is 9.85. The molecule has 66 valence electrons. The minimum absolute atomic E-state index is 0.541. The van der Waals surface area contributed by atoms with E-state index in [1.807, 2.05) is 30.5 Å². The molecular weight excluding hydrogens is 277 g/mol. The number of benzene rings is 1. The summed E-state index contributed by atoms with van der Waals surface area (Å²) < 4.78 is 2.95. The number of nitrogens with two attached hydrogens (primary N) is 1. The van der Waals surface area contributed by atoms with Crippen LogP contribution in [0, 0.1) is 3.57 Å². The number of halogens is 1. The fraction of sp³-hybridized carbons (Fsp3) is 0. The van der Waals surface area contributed by atoms with Gasteiger partial charge in [-0.3, -0.25) is 0 Å². The Kier molecular flexibility index (Phi) is 2.22. The van der Waals surface area contributed by atoms with E-state index in [1.54, 1.807) is 10.7 Å². The van der Waals surface area contributed by atoms with Crippen LogP contribution < -0.4 is 5.73 Å². The number of hydrogen-bond acceptors (Lipinski definition) is 2. The van der Waals surface area contributed by atoms with Gasteiger partial charge in [0.1, 0.15) is 5.82 Å². The summed E-state index contributed by atoms with van der Waals surface area (Å²) >= 11 is 2.27. The van der Waals surface area contributed by atoms with Crippen molar-refractivity contribution in [1.82, 2.24) is 9.78 Å². The Hall–Kier alpha value is -1.04. The van der Waals surface area contributed by atoms with Crippen molar-refractivity contribution in [2.24, 2.45) is 0 Å². The van der Waals surface area contributed by atoms with Gasteiger partial charge in [-0.2, -0.15) is 5.10 Å². The van der Waals surface area contributed by atoms with Crippen molar-refractivity contribution in [2.75, 3.05) is 5.73 Å². The van der Waals surface area contributed by atoms with E-state index in [9.17, 15) is 0 Å². The quantitative estimate of drug-likeness (QED) is 0.815. The molecule has 2 rings (SSSR count). The minimum Gasteiger partial charge on any atom is -0.382 e. The summed E-state index contributed by atoms with van der Waals surface area (Å²) in [5.41, 5.74) is 6.55. The Balaban J connectivity index is 2.46. The summed E-state index contributed by atoms with van der Waals surface area (Å²) in [4.78, 5) is 0. The van der Waals surface area contributed by atoms with Crippen LogP contribution in [0.2, 0.25) is 0 Å². The zero-order valence-electron chi connectivity index (χ0n) is 6.81. The minimum atomic E-state index is 0.541. The number of anilines is 1. The summed E-state index contributed by atoms with van der Waals surface area (Å²) in [7, 11) is 0. The predicted molar refractivity (Wildman–Crippen MR) is 60.7 cm³/mol. The van der Waals surface area contributed by atoms with E-state index in [-0.39, 0.29) is 0 Å². The molecule has 4 heteroatoms. The molecule has 0 amide bonds. The molecule has 0 saturated heterocycles. The second-order valence-electron chi connectivity index (χ2n) is 2.67. The largest absolute Gasteiger partial charge is 0.382 e. The van der Waals surface area contributed by atoms with E-state index >= 15 is 0 Å². The van der Waals surface area contributed by atoms with Crippen LogP contribution in [0.15, 0.2) is 36.5 Å². The maximum absolute atomic E-state index is 5.52. The van der Waals surface area contributed by atoms with E-state index in [2.05, 4.69) is 27.7 Å². The van der Waals surface area contributed by atoms with Gasteiger partial charge in [-0.15, -0.1) is 0 Å². The van der Waals surface area contributed by atoms with E-state index < -0.39 is 0 Å². The molecule has 0 fully saturated rings. The first kappa shape index (κ1) is 8.55. The average molecular weight is 285 g/mol. The van der Waals surface area contributed by atoms with Crippen LogP contribution >= 0.6 is 22.6 Å². The van der Waals surface area contributed by atoms with E-state index in [0.717, 1.165) is 5.69 Å². The summed E-state index contributed by atoms with van der Waals surface area (Å²) in [6.07, 6.45) is 1.85. The van der Waals surface area contributed by atoms with Gasteiger partial charge in [0.25, 0.3) is 0 Å².